The molecule has 146 valence electrons. The van der Waals surface area contributed by atoms with Gasteiger partial charge in [-0.05, 0) is 25.1 Å². The number of aliphatic hydroxyl groups is 1. The second-order valence-corrected chi connectivity index (χ2v) is 8.49. The fourth-order valence-corrected chi connectivity index (χ4v) is 4.39. The second kappa shape index (κ2) is 8.47. The number of sulfonamides is 1. The molecule has 0 bridgehead atoms. The summed E-state index contributed by atoms with van der Waals surface area (Å²) in [5.41, 5.74) is 0.786. The Morgan fingerprint density at radius 2 is 1.74 bits per heavy atom. The number of rotatable bonds is 8. The molecule has 2 N–H and O–H groups in total. The Morgan fingerprint density at radius 3 is 2.30 bits per heavy atom. The van der Waals surface area contributed by atoms with Gasteiger partial charge in [-0.3, -0.25) is 14.4 Å². The van der Waals surface area contributed by atoms with Gasteiger partial charge in [0.2, 0.25) is 0 Å². The fraction of sp³-hybridized carbons (Fsp3) is 0.333. The highest BCUT2D eigenvalue weighted by atomic mass is 32.2. The molecule has 0 aliphatic heterocycles. The number of anilines is 1. The topological polar surface area (TPSA) is 105 Å². The minimum atomic E-state index is -4.25. The van der Waals surface area contributed by atoms with Gasteiger partial charge in [-0.2, -0.15) is 0 Å². The molecule has 0 aliphatic carbocycles. The van der Waals surface area contributed by atoms with E-state index in [4.69, 9.17) is 0 Å². The highest BCUT2D eigenvalue weighted by molar-refractivity contribution is 7.93. The van der Waals surface area contributed by atoms with E-state index in [1.54, 1.807) is 24.3 Å². The van der Waals surface area contributed by atoms with E-state index in [1.807, 2.05) is 21.0 Å². The van der Waals surface area contributed by atoms with Gasteiger partial charge >= 0.3 is 0 Å². The molecule has 0 aromatic heterocycles. The monoisotopic (exact) mass is 394 g/mol. The normalized spacial score (nSPS) is 12.8. The zero-order valence-electron chi connectivity index (χ0n) is 15.5. The van der Waals surface area contributed by atoms with Crippen molar-refractivity contribution in [3.8, 4) is 0 Å². The zero-order chi connectivity index (χ0) is 20.2. The molecule has 0 spiro atoms. The van der Waals surface area contributed by atoms with Gasteiger partial charge in [0.05, 0.1) is 31.3 Å². The Labute approximate surface area is 158 Å². The maximum atomic E-state index is 13.3. The summed E-state index contributed by atoms with van der Waals surface area (Å²) in [4.78, 5) is 11.1. The third-order valence-corrected chi connectivity index (χ3v) is 5.81. The summed E-state index contributed by atoms with van der Waals surface area (Å²) < 4.78 is 27.6. The van der Waals surface area contributed by atoms with E-state index in [2.05, 4.69) is 0 Å². The quantitative estimate of drug-likeness (QED) is 0.504. The molecule has 1 unspecified atom stereocenters. The maximum absolute atomic E-state index is 13.3. The highest BCUT2D eigenvalue weighted by Crippen LogP contribution is 2.30. The van der Waals surface area contributed by atoms with Crippen LogP contribution in [0.2, 0.25) is 0 Å². The standard InChI is InChI=1S/C18H23N3O5S/c1-14-8-10-15(11-9-14)20(13-16(22)12-19(2)3)27(25,26)18-7-5-4-6-17(18)21(23)24/h4-11,16,22H,12-13H2,1-3H3/p+1. The van der Waals surface area contributed by atoms with Crippen LogP contribution < -0.4 is 9.21 Å². The number of benzene rings is 2. The molecule has 2 aromatic carbocycles. The molecule has 0 heterocycles. The molecule has 2 rings (SSSR count). The van der Waals surface area contributed by atoms with Crippen molar-refractivity contribution in [1.29, 1.82) is 0 Å². The molecule has 8 nitrogen and oxygen atoms in total. The maximum Gasteiger partial charge on any atom is 0.289 e. The van der Waals surface area contributed by atoms with Crippen molar-refractivity contribution < 1.29 is 23.3 Å². The molecule has 0 saturated carbocycles. The highest BCUT2D eigenvalue weighted by Gasteiger charge is 2.33. The molecule has 0 amide bonds. The van der Waals surface area contributed by atoms with Crippen LogP contribution in [-0.2, 0) is 10.0 Å². The molecule has 0 aliphatic rings. The Morgan fingerprint density at radius 1 is 1.15 bits per heavy atom. The predicted molar refractivity (Wildman–Crippen MR) is 102 cm³/mol. The number of para-hydroxylation sites is 1. The molecule has 0 saturated heterocycles. The van der Waals surface area contributed by atoms with Crippen LogP contribution in [0.15, 0.2) is 53.4 Å². The first-order chi connectivity index (χ1) is 12.6. The van der Waals surface area contributed by atoms with E-state index in [1.165, 1.54) is 18.2 Å². The summed E-state index contributed by atoms with van der Waals surface area (Å²) >= 11 is 0. The first kappa shape index (κ1) is 20.8. The van der Waals surface area contributed by atoms with E-state index in [-0.39, 0.29) is 6.54 Å². The molecule has 9 heteroatoms. The summed E-state index contributed by atoms with van der Waals surface area (Å²) in [7, 11) is -0.565. The lowest BCUT2D eigenvalue weighted by atomic mass is 10.2. The van der Waals surface area contributed by atoms with Crippen LogP contribution in [-0.4, -0.2) is 51.7 Å². The summed E-state index contributed by atoms with van der Waals surface area (Å²) in [6, 6.07) is 12.0. The first-order valence-corrected chi connectivity index (χ1v) is 9.87. The van der Waals surface area contributed by atoms with Gasteiger partial charge in [0.15, 0.2) is 4.90 Å². The van der Waals surface area contributed by atoms with Crippen molar-refractivity contribution in [3.63, 3.8) is 0 Å². The molecule has 27 heavy (non-hydrogen) atoms. The molecular weight excluding hydrogens is 370 g/mol. The third-order valence-electron chi connectivity index (χ3n) is 3.97. The van der Waals surface area contributed by atoms with Gasteiger partial charge in [-0.25, -0.2) is 8.42 Å². The van der Waals surface area contributed by atoms with Crippen LogP contribution >= 0.6 is 0 Å². The summed E-state index contributed by atoms with van der Waals surface area (Å²) in [5, 5.41) is 21.6. The van der Waals surface area contributed by atoms with Crippen LogP contribution in [0.3, 0.4) is 0 Å². The van der Waals surface area contributed by atoms with Crippen molar-refractivity contribution in [2.45, 2.75) is 17.9 Å². The largest absolute Gasteiger partial charge is 0.385 e. The van der Waals surface area contributed by atoms with Crippen molar-refractivity contribution in [2.24, 2.45) is 0 Å². The lowest BCUT2D eigenvalue weighted by Crippen LogP contribution is -3.07. The number of aliphatic hydroxyl groups excluding tert-OH is 1. The number of nitrogens with one attached hydrogen (secondary N) is 1. The first-order valence-electron chi connectivity index (χ1n) is 8.43. The van der Waals surface area contributed by atoms with Crippen LogP contribution in [0.5, 0.6) is 0 Å². The molecule has 0 radical (unpaired) electrons. The van der Waals surface area contributed by atoms with E-state index < -0.39 is 31.6 Å². The van der Waals surface area contributed by atoms with Gasteiger partial charge in [-0.1, -0.05) is 29.8 Å². The van der Waals surface area contributed by atoms with Crippen LogP contribution in [0, 0.1) is 17.0 Å². The van der Waals surface area contributed by atoms with Gasteiger partial charge in [0.1, 0.15) is 12.6 Å². The molecule has 2 aromatic rings. The minimum Gasteiger partial charge on any atom is -0.385 e. The second-order valence-electron chi connectivity index (χ2n) is 6.66. The van der Waals surface area contributed by atoms with Crippen LogP contribution in [0.25, 0.3) is 0 Å². The van der Waals surface area contributed by atoms with Crippen LogP contribution in [0.1, 0.15) is 5.56 Å². The van der Waals surface area contributed by atoms with Gasteiger partial charge in [-0.15, -0.1) is 0 Å². The lowest BCUT2D eigenvalue weighted by Gasteiger charge is -2.27. The smallest absolute Gasteiger partial charge is 0.289 e. The average molecular weight is 394 g/mol. The van der Waals surface area contributed by atoms with E-state index in [0.29, 0.717) is 12.2 Å². The third kappa shape index (κ3) is 5.03. The Kier molecular flexibility index (Phi) is 6.53. The minimum absolute atomic E-state index is 0.206. The summed E-state index contributed by atoms with van der Waals surface area (Å²) in [6.07, 6.45) is -0.936. The average Bonchev–Trinajstić information content (AvgIpc) is 2.60. The number of likely N-dealkylation sites (N-methyl/N-ethyl adjacent to an activating group) is 1. The number of nitro groups is 1. The number of hydrogen-bond donors (Lipinski definition) is 2. The van der Waals surface area contributed by atoms with Gasteiger partial charge in [0.25, 0.3) is 15.7 Å². The Balaban J connectivity index is 2.55. The Hall–Kier alpha value is -2.49. The SMILES string of the molecule is Cc1ccc(N(CC(O)C[NH+](C)C)S(=O)(=O)c2ccccc2[N+](=O)[O-])cc1. The number of aryl methyl sites for hydroxylation is 1. The number of hydrogen-bond acceptors (Lipinski definition) is 5. The molecule has 0 fully saturated rings. The fourth-order valence-electron chi connectivity index (χ4n) is 2.73. The van der Waals surface area contributed by atoms with Crippen molar-refractivity contribution in [1.82, 2.24) is 0 Å². The van der Waals surface area contributed by atoms with Crippen molar-refractivity contribution in [2.75, 3.05) is 31.5 Å². The van der Waals surface area contributed by atoms with E-state index >= 15 is 0 Å². The van der Waals surface area contributed by atoms with Gasteiger partial charge in [0, 0.05) is 6.07 Å². The number of nitrogens with zero attached hydrogens (tertiary/aromatic N) is 2. The lowest BCUT2D eigenvalue weighted by molar-refractivity contribution is -0.861. The molecule has 1 atom stereocenters. The summed E-state index contributed by atoms with van der Waals surface area (Å²) in [6.45, 7) is 1.99. The number of quaternary nitrogens is 1. The van der Waals surface area contributed by atoms with E-state index in [0.717, 1.165) is 20.8 Å². The van der Waals surface area contributed by atoms with Crippen LogP contribution in [0.4, 0.5) is 11.4 Å². The van der Waals surface area contributed by atoms with Crippen molar-refractivity contribution in [3.05, 3.63) is 64.2 Å². The van der Waals surface area contributed by atoms with Gasteiger partial charge < -0.3 is 10.0 Å². The molecular formula is C18H24N3O5S+. The van der Waals surface area contributed by atoms with Crippen molar-refractivity contribution >= 4 is 21.4 Å². The Bertz CT molecular complexity index is 897. The zero-order valence-corrected chi connectivity index (χ0v) is 16.3. The summed E-state index contributed by atoms with van der Waals surface area (Å²) in [5.74, 6) is 0. The number of nitro benzene ring substituents is 1. The van der Waals surface area contributed by atoms with E-state index in [9.17, 15) is 23.6 Å². The predicted octanol–water partition coefficient (Wildman–Crippen LogP) is 0.604.